The lowest BCUT2D eigenvalue weighted by atomic mass is 9.75. The van der Waals surface area contributed by atoms with Crippen molar-refractivity contribution >= 4 is 0 Å². The molecule has 0 saturated heterocycles. The molecule has 0 radical (unpaired) electrons. The largest absolute Gasteiger partial charge is 0.313 e. The van der Waals surface area contributed by atoms with Crippen molar-refractivity contribution in [3.05, 3.63) is 18.5 Å². The Hall–Kier alpha value is -0.870. The van der Waals surface area contributed by atoms with E-state index in [2.05, 4.69) is 29.4 Å². The molecule has 1 heterocycles. The molecule has 1 aromatic rings. The molecule has 0 unspecified atom stereocenters. The van der Waals surface area contributed by atoms with Crippen molar-refractivity contribution in [1.29, 1.82) is 0 Å². The molecule has 0 aliphatic heterocycles. The normalized spacial score (nSPS) is 18.7. The quantitative estimate of drug-likeness (QED) is 0.728. The average molecular weight is 222 g/mol. The van der Waals surface area contributed by atoms with Gasteiger partial charge in [-0.2, -0.15) is 5.10 Å². The van der Waals surface area contributed by atoms with E-state index in [9.17, 15) is 0 Å². The van der Waals surface area contributed by atoms with Gasteiger partial charge in [0.25, 0.3) is 0 Å². The molecule has 16 heavy (non-hydrogen) atoms. The molecule has 0 spiro atoms. The molecule has 1 aromatic heterocycles. The lowest BCUT2D eigenvalue weighted by Gasteiger charge is -2.47. The summed E-state index contributed by atoms with van der Waals surface area (Å²) in [5, 5.41) is 7.73. The van der Waals surface area contributed by atoms with Crippen molar-refractivity contribution in [3.8, 4) is 0 Å². The minimum Gasteiger partial charge on any atom is -0.313 e. The van der Waals surface area contributed by atoms with Crippen LogP contribution in [0.2, 0.25) is 0 Å². The van der Waals surface area contributed by atoms with Gasteiger partial charge in [0.15, 0.2) is 0 Å². The van der Waals surface area contributed by atoms with Gasteiger partial charge in [-0.05, 0) is 39.4 Å². The van der Waals surface area contributed by atoms with Crippen LogP contribution in [-0.4, -0.2) is 47.4 Å². The van der Waals surface area contributed by atoms with Crippen molar-refractivity contribution in [2.45, 2.75) is 31.3 Å². The van der Waals surface area contributed by atoms with Crippen LogP contribution in [0.3, 0.4) is 0 Å². The van der Waals surface area contributed by atoms with E-state index >= 15 is 0 Å². The fourth-order valence-electron chi connectivity index (χ4n) is 2.31. The summed E-state index contributed by atoms with van der Waals surface area (Å²) < 4.78 is 1.97. The molecule has 1 N–H and O–H groups in total. The molecule has 1 fully saturated rings. The van der Waals surface area contributed by atoms with E-state index in [1.165, 1.54) is 19.3 Å². The van der Waals surface area contributed by atoms with Crippen LogP contribution in [0.15, 0.2) is 18.5 Å². The standard InChI is InChI=1S/C12H22N4/c1-15(2)12(5-3-6-12)11-13-8-10-16-9-4-7-14-16/h4,7,9,13H,3,5-6,8,10-11H2,1-2H3. The molecule has 90 valence electrons. The Morgan fingerprint density at radius 2 is 2.25 bits per heavy atom. The van der Waals surface area contributed by atoms with Crippen molar-refractivity contribution < 1.29 is 0 Å². The van der Waals surface area contributed by atoms with Gasteiger partial charge in [0.1, 0.15) is 0 Å². The first kappa shape index (κ1) is 11.6. The van der Waals surface area contributed by atoms with E-state index < -0.39 is 0 Å². The molecule has 2 rings (SSSR count). The zero-order valence-corrected chi connectivity index (χ0v) is 10.3. The summed E-state index contributed by atoms with van der Waals surface area (Å²) in [4.78, 5) is 2.37. The highest BCUT2D eigenvalue weighted by Crippen LogP contribution is 2.35. The first-order valence-electron chi connectivity index (χ1n) is 6.09. The Morgan fingerprint density at radius 1 is 1.44 bits per heavy atom. The van der Waals surface area contributed by atoms with Crippen LogP contribution in [0, 0.1) is 0 Å². The van der Waals surface area contributed by atoms with Crippen LogP contribution in [0.4, 0.5) is 0 Å². The Kier molecular flexibility index (Phi) is 3.61. The summed E-state index contributed by atoms with van der Waals surface area (Å²) in [5.41, 5.74) is 0.421. The summed E-state index contributed by atoms with van der Waals surface area (Å²) in [7, 11) is 4.38. The van der Waals surface area contributed by atoms with Gasteiger partial charge in [-0.15, -0.1) is 0 Å². The molecule has 0 amide bonds. The smallest absolute Gasteiger partial charge is 0.0533 e. The van der Waals surface area contributed by atoms with E-state index in [4.69, 9.17) is 0 Å². The molecular weight excluding hydrogens is 200 g/mol. The molecule has 1 aliphatic carbocycles. The van der Waals surface area contributed by atoms with Crippen LogP contribution in [-0.2, 0) is 6.54 Å². The fraction of sp³-hybridized carbons (Fsp3) is 0.750. The molecular formula is C12H22N4. The summed E-state index contributed by atoms with van der Waals surface area (Å²) in [6, 6.07) is 1.97. The third kappa shape index (κ3) is 2.44. The molecule has 0 aromatic carbocycles. The van der Waals surface area contributed by atoms with Gasteiger partial charge in [-0.25, -0.2) is 0 Å². The molecule has 1 aliphatic rings. The third-order valence-corrected chi connectivity index (χ3v) is 3.76. The predicted molar refractivity (Wildman–Crippen MR) is 65.4 cm³/mol. The van der Waals surface area contributed by atoms with Gasteiger partial charge in [0, 0.05) is 31.0 Å². The monoisotopic (exact) mass is 222 g/mol. The highest BCUT2D eigenvalue weighted by atomic mass is 15.3. The molecule has 0 bridgehead atoms. The van der Waals surface area contributed by atoms with Crippen LogP contribution >= 0.6 is 0 Å². The lowest BCUT2D eigenvalue weighted by molar-refractivity contribution is 0.0600. The predicted octanol–water partition coefficient (Wildman–Crippen LogP) is 0.957. The van der Waals surface area contributed by atoms with E-state index in [-0.39, 0.29) is 0 Å². The van der Waals surface area contributed by atoms with E-state index in [1.54, 1.807) is 0 Å². The summed E-state index contributed by atoms with van der Waals surface area (Å²) in [5.74, 6) is 0. The molecule has 4 nitrogen and oxygen atoms in total. The van der Waals surface area contributed by atoms with Gasteiger partial charge in [0.2, 0.25) is 0 Å². The van der Waals surface area contributed by atoms with Gasteiger partial charge in [0.05, 0.1) is 6.54 Å². The minimum atomic E-state index is 0.421. The van der Waals surface area contributed by atoms with E-state index in [0.29, 0.717) is 5.54 Å². The maximum absolute atomic E-state index is 4.19. The minimum absolute atomic E-state index is 0.421. The number of likely N-dealkylation sites (N-methyl/N-ethyl adjacent to an activating group) is 1. The number of nitrogens with zero attached hydrogens (tertiary/aromatic N) is 3. The Morgan fingerprint density at radius 3 is 2.75 bits per heavy atom. The maximum atomic E-state index is 4.19. The van der Waals surface area contributed by atoms with Crippen LogP contribution in [0.25, 0.3) is 0 Å². The Labute approximate surface area is 97.6 Å². The summed E-state index contributed by atoms with van der Waals surface area (Å²) in [6.45, 7) is 3.05. The molecule has 0 atom stereocenters. The number of aromatic nitrogens is 2. The summed E-state index contributed by atoms with van der Waals surface area (Å²) >= 11 is 0. The number of rotatable bonds is 6. The SMILES string of the molecule is CN(C)C1(CNCCn2cccn2)CCC1. The maximum Gasteiger partial charge on any atom is 0.0533 e. The topological polar surface area (TPSA) is 33.1 Å². The second-order valence-electron chi connectivity index (χ2n) is 4.92. The zero-order valence-electron chi connectivity index (χ0n) is 10.3. The third-order valence-electron chi connectivity index (χ3n) is 3.76. The van der Waals surface area contributed by atoms with Crippen LogP contribution in [0.1, 0.15) is 19.3 Å². The Balaban J connectivity index is 1.67. The molecule has 1 saturated carbocycles. The van der Waals surface area contributed by atoms with Crippen LogP contribution in [0.5, 0.6) is 0 Å². The molecule has 4 heteroatoms. The zero-order chi connectivity index (χ0) is 11.4. The Bertz CT molecular complexity index is 301. The summed E-state index contributed by atoms with van der Waals surface area (Å²) in [6.07, 6.45) is 7.86. The van der Waals surface area contributed by atoms with Gasteiger partial charge < -0.3 is 10.2 Å². The van der Waals surface area contributed by atoms with Crippen molar-refractivity contribution in [1.82, 2.24) is 20.0 Å². The first-order chi connectivity index (χ1) is 7.73. The first-order valence-corrected chi connectivity index (χ1v) is 6.09. The van der Waals surface area contributed by atoms with Gasteiger partial charge >= 0.3 is 0 Å². The van der Waals surface area contributed by atoms with Crippen molar-refractivity contribution in [2.75, 3.05) is 27.2 Å². The second kappa shape index (κ2) is 4.97. The number of nitrogens with one attached hydrogen (secondary N) is 1. The van der Waals surface area contributed by atoms with E-state index in [0.717, 1.165) is 19.6 Å². The highest BCUT2D eigenvalue weighted by molar-refractivity contribution is 4.97. The van der Waals surface area contributed by atoms with Crippen LogP contribution < -0.4 is 5.32 Å². The van der Waals surface area contributed by atoms with Gasteiger partial charge in [-0.1, -0.05) is 0 Å². The number of hydrogen-bond donors (Lipinski definition) is 1. The van der Waals surface area contributed by atoms with Crippen molar-refractivity contribution in [2.24, 2.45) is 0 Å². The lowest BCUT2D eigenvalue weighted by Crippen LogP contribution is -2.56. The highest BCUT2D eigenvalue weighted by Gasteiger charge is 2.38. The number of hydrogen-bond acceptors (Lipinski definition) is 3. The second-order valence-corrected chi connectivity index (χ2v) is 4.92. The average Bonchev–Trinajstić information content (AvgIpc) is 2.67. The fourth-order valence-corrected chi connectivity index (χ4v) is 2.31. The van der Waals surface area contributed by atoms with E-state index in [1.807, 2.05) is 23.1 Å². The van der Waals surface area contributed by atoms with Gasteiger partial charge in [-0.3, -0.25) is 4.68 Å². The van der Waals surface area contributed by atoms with Crippen molar-refractivity contribution in [3.63, 3.8) is 0 Å².